The maximum absolute atomic E-state index is 15.4. The molecule has 4 rings (SSSR count). The topological polar surface area (TPSA) is 13.1 Å². The molecule has 0 amide bonds. The van der Waals surface area contributed by atoms with Crippen LogP contribution in [0.4, 0.5) is 4.39 Å². The molecule has 0 unspecified atom stereocenters. The first-order chi connectivity index (χ1) is 17.1. The lowest BCUT2D eigenvalue weighted by Gasteiger charge is -2.10. The van der Waals surface area contributed by atoms with Gasteiger partial charge in [-0.15, -0.1) is 0 Å². The van der Waals surface area contributed by atoms with Crippen molar-refractivity contribution in [3.63, 3.8) is 0 Å². The fourth-order valence-corrected chi connectivity index (χ4v) is 5.15. The van der Waals surface area contributed by atoms with Crippen molar-refractivity contribution in [2.24, 2.45) is 0 Å². The third-order valence-electron chi connectivity index (χ3n) is 7.06. The van der Waals surface area contributed by atoms with E-state index in [2.05, 4.69) is 56.3 Å². The van der Waals surface area contributed by atoms with Crippen LogP contribution in [0.25, 0.3) is 32.9 Å². The summed E-state index contributed by atoms with van der Waals surface area (Å²) >= 11 is 5.59. The number of fused-ring (bicyclic) bond motifs is 3. The van der Waals surface area contributed by atoms with E-state index >= 15 is 4.39 Å². The van der Waals surface area contributed by atoms with E-state index in [1.54, 1.807) is 0 Å². The van der Waals surface area contributed by atoms with Gasteiger partial charge < -0.3 is 4.42 Å². The van der Waals surface area contributed by atoms with Crippen LogP contribution in [0.3, 0.4) is 0 Å². The van der Waals surface area contributed by atoms with Crippen LogP contribution in [0.2, 0.25) is 0 Å². The van der Waals surface area contributed by atoms with Crippen LogP contribution in [0.1, 0.15) is 82.8 Å². The molecule has 0 aliphatic heterocycles. The van der Waals surface area contributed by atoms with Gasteiger partial charge in [-0.2, -0.15) is 0 Å². The summed E-state index contributed by atoms with van der Waals surface area (Å²) in [5.74, 6) is -0.256. The zero-order chi connectivity index (χ0) is 24.6. The average Bonchev–Trinajstić information content (AvgIpc) is 2.88. The molecule has 1 nitrogen and oxygen atoms in total. The zero-order valence-electron chi connectivity index (χ0n) is 21.2. The lowest BCUT2D eigenvalue weighted by molar-refractivity contribution is 0.533. The number of rotatable bonds is 12. The summed E-state index contributed by atoms with van der Waals surface area (Å²) in [7, 11) is 0. The molecule has 35 heavy (non-hydrogen) atoms. The van der Waals surface area contributed by atoms with Crippen LogP contribution < -0.4 is 0 Å². The van der Waals surface area contributed by atoms with Gasteiger partial charge in [0.2, 0.25) is 0 Å². The second kappa shape index (κ2) is 12.4. The highest BCUT2D eigenvalue weighted by Crippen LogP contribution is 2.33. The monoisotopic (exact) mass is 488 g/mol. The highest BCUT2D eigenvalue weighted by Gasteiger charge is 2.14. The Balaban J connectivity index is 1.55. The quantitative estimate of drug-likeness (QED) is 0.112. The fourth-order valence-electron chi connectivity index (χ4n) is 4.89. The molecule has 0 aliphatic rings. The molecule has 0 radical (unpaired) electrons. The van der Waals surface area contributed by atoms with Gasteiger partial charge in [-0.25, -0.2) is 4.39 Å². The van der Waals surface area contributed by atoms with Crippen molar-refractivity contribution < 1.29 is 8.81 Å². The van der Waals surface area contributed by atoms with Gasteiger partial charge in [-0.1, -0.05) is 107 Å². The van der Waals surface area contributed by atoms with E-state index in [1.165, 1.54) is 50.5 Å². The van der Waals surface area contributed by atoms with E-state index < -0.39 is 0 Å². The summed E-state index contributed by atoms with van der Waals surface area (Å²) in [5, 5.41) is 2.59. The predicted octanol–water partition coefficient (Wildman–Crippen LogP) is 10.8. The average molecular weight is 489 g/mol. The Bertz CT molecular complexity index is 1320. The summed E-state index contributed by atoms with van der Waals surface area (Å²) < 4.78 is 21.6. The molecule has 0 fully saturated rings. The van der Waals surface area contributed by atoms with E-state index in [1.807, 2.05) is 12.1 Å². The van der Waals surface area contributed by atoms with Gasteiger partial charge in [-0.3, -0.25) is 0 Å². The molecule has 184 valence electrons. The lowest BCUT2D eigenvalue weighted by atomic mass is 9.97. The predicted molar refractivity (Wildman–Crippen MR) is 150 cm³/mol. The Morgan fingerprint density at radius 1 is 0.657 bits per heavy atom. The first kappa shape index (κ1) is 25.6. The third kappa shape index (κ3) is 6.19. The van der Waals surface area contributed by atoms with Gasteiger partial charge in [0.15, 0.2) is 16.1 Å². The number of hydrogen-bond donors (Lipinski definition) is 0. The Kier molecular flexibility index (Phi) is 9.09. The van der Waals surface area contributed by atoms with Crippen molar-refractivity contribution >= 4 is 34.0 Å². The fraction of sp³-hybridized carbons (Fsp3) is 0.406. The summed E-state index contributed by atoms with van der Waals surface area (Å²) in [6.07, 6.45) is 12.8. The molecule has 0 saturated carbocycles. The second-order valence-electron chi connectivity index (χ2n) is 9.74. The van der Waals surface area contributed by atoms with Crippen LogP contribution in [0, 0.1) is 10.5 Å². The standard InChI is InChI=1S/C32H37FOS/c1-3-5-7-8-9-10-11-13-25-18-21-28-27-20-19-26(22-29(27)32(35)34-31(28)30(25)33)24-16-14-23(15-17-24)12-6-4-2/h14-22H,3-13H2,1-2H3. The molecule has 0 atom stereocenters. The summed E-state index contributed by atoms with van der Waals surface area (Å²) in [5.41, 5.74) is 4.62. The number of benzene rings is 3. The van der Waals surface area contributed by atoms with Crippen LogP contribution in [-0.2, 0) is 12.8 Å². The first-order valence-electron chi connectivity index (χ1n) is 13.4. The summed E-state index contributed by atoms with van der Waals surface area (Å²) in [6, 6.07) is 18.9. The number of halogens is 1. The lowest BCUT2D eigenvalue weighted by Crippen LogP contribution is -1.94. The van der Waals surface area contributed by atoms with Crippen molar-refractivity contribution in [3.8, 4) is 11.1 Å². The molecule has 3 heteroatoms. The highest BCUT2D eigenvalue weighted by atomic mass is 32.1. The minimum absolute atomic E-state index is 0.256. The van der Waals surface area contributed by atoms with Crippen molar-refractivity contribution in [1.29, 1.82) is 0 Å². The van der Waals surface area contributed by atoms with E-state index in [9.17, 15) is 0 Å². The molecule has 0 bridgehead atoms. The van der Waals surface area contributed by atoms with Gasteiger partial charge in [-0.05, 0) is 71.6 Å². The maximum Gasteiger partial charge on any atom is 0.198 e. The Morgan fingerprint density at radius 2 is 1.31 bits per heavy atom. The smallest absolute Gasteiger partial charge is 0.198 e. The molecular formula is C32H37FOS. The van der Waals surface area contributed by atoms with Gasteiger partial charge in [0.1, 0.15) is 0 Å². The van der Waals surface area contributed by atoms with E-state index in [-0.39, 0.29) is 11.4 Å². The molecule has 0 spiro atoms. The van der Waals surface area contributed by atoms with E-state index in [0.717, 1.165) is 58.5 Å². The van der Waals surface area contributed by atoms with Gasteiger partial charge in [0.05, 0.1) is 0 Å². The summed E-state index contributed by atoms with van der Waals surface area (Å²) in [6.45, 7) is 4.45. The van der Waals surface area contributed by atoms with Crippen molar-refractivity contribution in [1.82, 2.24) is 0 Å². The largest absolute Gasteiger partial charge is 0.441 e. The van der Waals surface area contributed by atoms with Gasteiger partial charge in [0.25, 0.3) is 0 Å². The van der Waals surface area contributed by atoms with Crippen LogP contribution in [0.5, 0.6) is 0 Å². The van der Waals surface area contributed by atoms with Crippen LogP contribution in [0.15, 0.2) is 59.0 Å². The molecule has 0 N–H and O–H groups in total. The normalized spacial score (nSPS) is 11.5. The molecule has 1 heterocycles. The molecule has 0 saturated heterocycles. The Morgan fingerprint density at radius 3 is 2.06 bits per heavy atom. The van der Waals surface area contributed by atoms with E-state index in [4.69, 9.17) is 16.6 Å². The number of unbranched alkanes of at least 4 members (excludes halogenated alkanes) is 7. The van der Waals surface area contributed by atoms with Gasteiger partial charge >= 0.3 is 0 Å². The SMILES string of the molecule is CCCCCCCCCc1ccc2c(oc(=S)c3cc(-c4ccc(CCCC)cc4)ccc32)c1F. The minimum atomic E-state index is -0.256. The maximum atomic E-state index is 15.4. The molecule has 0 aliphatic carbocycles. The number of hydrogen-bond acceptors (Lipinski definition) is 2. The molecule has 3 aromatic carbocycles. The summed E-state index contributed by atoms with van der Waals surface area (Å²) in [4.78, 5) is 0. The molecule has 4 aromatic rings. The van der Waals surface area contributed by atoms with Gasteiger partial charge in [0, 0.05) is 10.8 Å². The van der Waals surface area contributed by atoms with Crippen LogP contribution in [-0.4, -0.2) is 0 Å². The van der Waals surface area contributed by atoms with Crippen molar-refractivity contribution in [2.45, 2.75) is 84.5 Å². The Labute approximate surface area is 214 Å². The first-order valence-corrected chi connectivity index (χ1v) is 13.8. The third-order valence-corrected chi connectivity index (χ3v) is 7.36. The van der Waals surface area contributed by atoms with Crippen molar-refractivity contribution in [2.75, 3.05) is 0 Å². The second-order valence-corrected chi connectivity index (χ2v) is 10.1. The van der Waals surface area contributed by atoms with Crippen LogP contribution >= 0.6 is 12.2 Å². The van der Waals surface area contributed by atoms with Crippen molar-refractivity contribution in [3.05, 3.63) is 76.2 Å². The highest BCUT2D eigenvalue weighted by molar-refractivity contribution is 7.71. The van der Waals surface area contributed by atoms with E-state index in [0.29, 0.717) is 4.71 Å². The molecule has 1 aromatic heterocycles. The molecular weight excluding hydrogens is 451 g/mol. The zero-order valence-corrected chi connectivity index (χ0v) is 22.0. The Hall–Kier alpha value is -2.52. The minimum Gasteiger partial charge on any atom is -0.441 e. The number of aryl methyl sites for hydroxylation is 2.